The van der Waals surface area contributed by atoms with Crippen LogP contribution < -0.4 is 5.32 Å². The second-order valence-corrected chi connectivity index (χ2v) is 3.68. The van der Waals surface area contributed by atoms with Crippen LogP contribution in [0.3, 0.4) is 0 Å². The highest BCUT2D eigenvalue weighted by molar-refractivity contribution is 5.66. The van der Waals surface area contributed by atoms with Crippen molar-refractivity contribution < 1.29 is 19.4 Å². The Bertz CT molecular complexity index is 329. The topological polar surface area (TPSA) is 67.8 Å². The van der Waals surface area contributed by atoms with Crippen molar-refractivity contribution in [2.24, 2.45) is 0 Å². The molecule has 0 aromatic heterocycles. The first-order valence-corrected chi connectivity index (χ1v) is 5.96. The van der Waals surface area contributed by atoms with Gasteiger partial charge in [0.05, 0.1) is 13.2 Å². The van der Waals surface area contributed by atoms with E-state index in [9.17, 15) is 4.79 Å². The molecule has 0 unspecified atom stereocenters. The Morgan fingerprint density at radius 1 is 1.22 bits per heavy atom. The third-order valence-corrected chi connectivity index (χ3v) is 2.17. The molecule has 0 aliphatic carbocycles. The highest BCUT2D eigenvalue weighted by Crippen LogP contribution is 2.00. The maximum Gasteiger partial charge on any atom is 0.407 e. The van der Waals surface area contributed by atoms with Gasteiger partial charge in [0.1, 0.15) is 6.61 Å². The van der Waals surface area contributed by atoms with E-state index in [1.165, 1.54) is 0 Å². The second-order valence-electron chi connectivity index (χ2n) is 3.68. The number of ether oxygens (including phenoxy) is 2. The molecule has 0 heterocycles. The summed E-state index contributed by atoms with van der Waals surface area (Å²) in [5, 5.41) is 11.0. The molecule has 0 aliphatic rings. The zero-order valence-corrected chi connectivity index (χ0v) is 10.3. The molecule has 5 heteroatoms. The number of carbonyl (C=O) groups excluding carboxylic acids is 1. The van der Waals surface area contributed by atoms with Gasteiger partial charge in [-0.05, 0) is 12.0 Å². The van der Waals surface area contributed by atoms with Crippen LogP contribution in [0.4, 0.5) is 4.79 Å². The number of aliphatic hydroxyl groups excluding tert-OH is 1. The van der Waals surface area contributed by atoms with Crippen molar-refractivity contribution in [2.75, 3.05) is 26.4 Å². The summed E-state index contributed by atoms with van der Waals surface area (Å²) in [6, 6.07) is 9.91. The molecule has 5 nitrogen and oxygen atoms in total. The molecule has 0 saturated carbocycles. The summed E-state index contributed by atoms with van der Waals surface area (Å²) in [5.41, 5.74) is 1.13. The SMILES string of the molecule is O=C(NCCCOCc1ccccc1)OCCO. The van der Waals surface area contributed by atoms with Gasteiger partial charge in [-0.15, -0.1) is 0 Å². The van der Waals surface area contributed by atoms with Gasteiger partial charge in [0.15, 0.2) is 0 Å². The van der Waals surface area contributed by atoms with Crippen LogP contribution in [0.25, 0.3) is 0 Å². The summed E-state index contributed by atoms with van der Waals surface area (Å²) >= 11 is 0. The lowest BCUT2D eigenvalue weighted by molar-refractivity contribution is 0.109. The van der Waals surface area contributed by atoms with E-state index in [1.54, 1.807) is 0 Å². The predicted molar refractivity (Wildman–Crippen MR) is 67.2 cm³/mol. The summed E-state index contributed by atoms with van der Waals surface area (Å²) in [5.74, 6) is 0. The van der Waals surface area contributed by atoms with E-state index in [4.69, 9.17) is 9.84 Å². The van der Waals surface area contributed by atoms with E-state index in [0.29, 0.717) is 19.8 Å². The van der Waals surface area contributed by atoms with E-state index in [0.717, 1.165) is 12.0 Å². The van der Waals surface area contributed by atoms with E-state index in [1.807, 2.05) is 30.3 Å². The molecule has 0 bridgehead atoms. The molecule has 0 fully saturated rings. The minimum atomic E-state index is -0.507. The minimum Gasteiger partial charge on any atom is -0.447 e. The molecule has 0 radical (unpaired) electrons. The van der Waals surface area contributed by atoms with E-state index in [2.05, 4.69) is 10.1 Å². The first-order chi connectivity index (χ1) is 8.83. The molecule has 0 aliphatic heterocycles. The highest BCUT2D eigenvalue weighted by atomic mass is 16.6. The quantitative estimate of drug-likeness (QED) is 0.685. The standard InChI is InChI=1S/C13H19NO4/c15-8-10-18-13(16)14-7-4-9-17-11-12-5-2-1-3-6-12/h1-3,5-6,15H,4,7-11H2,(H,14,16). The molecule has 0 saturated heterocycles. The van der Waals surface area contributed by atoms with Gasteiger partial charge in [-0.25, -0.2) is 4.79 Å². The lowest BCUT2D eigenvalue weighted by Crippen LogP contribution is -2.27. The number of rotatable bonds is 8. The number of nitrogens with one attached hydrogen (secondary N) is 1. The Kier molecular flexibility index (Phi) is 7.59. The number of hydrogen-bond donors (Lipinski definition) is 2. The Hall–Kier alpha value is -1.59. The maximum absolute atomic E-state index is 11.0. The zero-order chi connectivity index (χ0) is 13.1. The fourth-order valence-electron chi connectivity index (χ4n) is 1.32. The zero-order valence-electron chi connectivity index (χ0n) is 10.3. The minimum absolute atomic E-state index is 0.0241. The number of benzene rings is 1. The summed E-state index contributed by atoms with van der Waals surface area (Å²) in [7, 11) is 0. The monoisotopic (exact) mass is 253 g/mol. The Morgan fingerprint density at radius 3 is 2.72 bits per heavy atom. The molecular weight excluding hydrogens is 234 g/mol. The van der Waals surface area contributed by atoms with E-state index < -0.39 is 6.09 Å². The van der Waals surface area contributed by atoms with Crippen molar-refractivity contribution in [1.29, 1.82) is 0 Å². The van der Waals surface area contributed by atoms with Crippen molar-refractivity contribution >= 4 is 6.09 Å². The predicted octanol–water partition coefficient (Wildman–Crippen LogP) is 1.31. The average Bonchev–Trinajstić information content (AvgIpc) is 2.41. The fourth-order valence-corrected chi connectivity index (χ4v) is 1.32. The van der Waals surface area contributed by atoms with Crippen molar-refractivity contribution in [3.05, 3.63) is 35.9 Å². The van der Waals surface area contributed by atoms with Crippen molar-refractivity contribution in [3.8, 4) is 0 Å². The molecule has 100 valence electrons. The molecule has 0 spiro atoms. The third-order valence-electron chi connectivity index (χ3n) is 2.17. The number of carbonyl (C=O) groups is 1. The summed E-state index contributed by atoms with van der Waals surface area (Å²) < 4.78 is 10.1. The van der Waals surface area contributed by atoms with Gasteiger partial charge in [-0.3, -0.25) is 0 Å². The molecule has 2 N–H and O–H groups in total. The number of amides is 1. The first-order valence-electron chi connectivity index (χ1n) is 5.96. The van der Waals surface area contributed by atoms with E-state index >= 15 is 0 Å². The van der Waals surface area contributed by atoms with Crippen molar-refractivity contribution in [3.63, 3.8) is 0 Å². The van der Waals surface area contributed by atoms with Crippen molar-refractivity contribution in [2.45, 2.75) is 13.0 Å². The largest absolute Gasteiger partial charge is 0.447 e. The molecule has 1 aromatic rings. The summed E-state index contributed by atoms with van der Waals surface area (Å²) in [4.78, 5) is 11.0. The fraction of sp³-hybridized carbons (Fsp3) is 0.462. The van der Waals surface area contributed by atoms with Gasteiger partial charge in [-0.2, -0.15) is 0 Å². The molecule has 1 amide bonds. The number of hydrogen-bond acceptors (Lipinski definition) is 4. The average molecular weight is 253 g/mol. The number of aliphatic hydroxyl groups is 1. The highest BCUT2D eigenvalue weighted by Gasteiger charge is 1.99. The van der Waals surface area contributed by atoms with Crippen molar-refractivity contribution in [1.82, 2.24) is 5.32 Å². The lowest BCUT2D eigenvalue weighted by atomic mass is 10.2. The van der Waals surface area contributed by atoms with Crippen LogP contribution in [0, 0.1) is 0 Å². The van der Waals surface area contributed by atoms with Crippen LogP contribution >= 0.6 is 0 Å². The van der Waals surface area contributed by atoms with Crippen LogP contribution in [-0.2, 0) is 16.1 Å². The number of alkyl carbamates (subject to hydrolysis) is 1. The van der Waals surface area contributed by atoms with Crippen LogP contribution in [0.15, 0.2) is 30.3 Å². The molecular formula is C13H19NO4. The van der Waals surface area contributed by atoms with Crippen LogP contribution in [0.5, 0.6) is 0 Å². The second kappa shape index (κ2) is 9.44. The molecule has 1 rings (SSSR count). The van der Waals surface area contributed by atoms with Crippen LogP contribution in [0.1, 0.15) is 12.0 Å². The van der Waals surface area contributed by atoms with Crippen LogP contribution in [-0.4, -0.2) is 37.6 Å². The Labute approximate surface area is 107 Å². The molecule has 1 aromatic carbocycles. The van der Waals surface area contributed by atoms with Gasteiger partial charge in [0, 0.05) is 13.2 Å². The maximum atomic E-state index is 11.0. The summed E-state index contributed by atoms with van der Waals surface area (Å²) in [6.45, 7) is 1.52. The van der Waals surface area contributed by atoms with Crippen LogP contribution in [0.2, 0.25) is 0 Å². The smallest absolute Gasteiger partial charge is 0.407 e. The Balaban J connectivity index is 1.94. The third kappa shape index (κ3) is 6.88. The van der Waals surface area contributed by atoms with Gasteiger partial charge in [0.25, 0.3) is 0 Å². The normalized spacial score (nSPS) is 10.1. The van der Waals surface area contributed by atoms with Gasteiger partial charge in [-0.1, -0.05) is 30.3 Å². The van der Waals surface area contributed by atoms with Gasteiger partial charge in [0.2, 0.25) is 0 Å². The summed E-state index contributed by atoms with van der Waals surface area (Å²) in [6.07, 6.45) is 0.216. The lowest BCUT2D eigenvalue weighted by Gasteiger charge is -2.06. The van der Waals surface area contributed by atoms with E-state index in [-0.39, 0.29) is 13.2 Å². The molecule has 0 atom stereocenters. The Morgan fingerprint density at radius 2 is 2.00 bits per heavy atom. The van der Waals surface area contributed by atoms with Gasteiger partial charge < -0.3 is 19.9 Å². The molecule has 18 heavy (non-hydrogen) atoms. The van der Waals surface area contributed by atoms with Gasteiger partial charge >= 0.3 is 6.09 Å². The first kappa shape index (κ1) is 14.5.